The third kappa shape index (κ3) is 4.15. The van der Waals surface area contributed by atoms with Gasteiger partial charge in [0, 0.05) is 24.8 Å². The molecule has 2 aromatic rings. The molecule has 6 heteroatoms. The number of amides is 1. The highest BCUT2D eigenvalue weighted by molar-refractivity contribution is 5.82. The number of likely N-dealkylation sites (tertiary alicyclic amines) is 1. The second kappa shape index (κ2) is 8.29. The lowest BCUT2D eigenvalue weighted by molar-refractivity contribution is -0.130. The van der Waals surface area contributed by atoms with E-state index in [0.717, 1.165) is 35.6 Å². The topological polar surface area (TPSA) is 42.0 Å². The van der Waals surface area contributed by atoms with Gasteiger partial charge in [-0.2, -0.15) is 0 Å². The van der Waals surface area contributed by atoms with Crippen molar-refractivity contribution >= 4 is 11.6 Å². The normalized spacial score (nSPS) is 16.3. The summed E-state index contributed by atoms with van der Waals surface area (Å²) in [5.41, 5.74) is 1.77. The quantitative estimate of drug-likeness (QED) is 0.776. The third-order valence-electron chi connectivity index (χ3n) is 5.01. The molecule has 1 aliphatic heterocycles. The molecule has 0 aliphatic carbocycles. The highest BCUT2D eigenvalue weighted by Crippen LogP contribution is 2.39. The average Bonchev–Trinajstić information content (AvgIpc) is 3.17. The van der Waals surface area contributed by atoms with E-state index >= 15 is 0 Å². The summed E-state index contributed by atoms with van der Waals surface area (Å²) >= 11 is 0. The fraction of sp³-hybridized carbons (Fsp3) is 0.381. The van der Waals surface area contributed by atoms with Crippen LogP contribution in [0, 0.1) is 5.82 Å². The van der Waals surface area contributed by atoms with Gasteiger partial charge in [-0.05, 0) is 55.3 Å². The largest absolute Gasteiger partial charge is 0.497 e. The van der Waals surface area contributed by atoms with Crippen LogP contribution >= 0.6 is 0 Å². The summed E-state index contributed by atoms with van der Waals surface area (Å²) in [7, 11) is 5.10. The van der Waals surface area contributed by atoms with Crippen molar-refractivity contribution in [3.8, 4) is 11.5 Å². The molecule has 1 aliphatic rings. The number of nitrogens with zero attached hydrogens (tertiary/aromatic N) is 2. The molecule has 0 radical (unpaired) electrons. The summed E-state index contributed by atoms with van der Waals surface area (Å²) in [4.78, 5) is 16.7. The maximum Gasteiger partial charge on any atom is 0.242 e. The van der Waals surface area contributed by atoms with Gasteiger partial charge in [-0.15, -0.1) is 0 Å². The van der Waals surface area contributed by atoms with Gasteiger partial charge in [0.05, 0.1) is 26.8 Å². The minimum atomic E-state index is -0.289. The molecule has 0 bridgehead atoms. The van der Waals surface area contributed by atoms with Gasteiger partial charge in [0.2, 0.25) is 5.91 Å². The van der Waals surface area contributed by atoms with Gasteiger partial charge < -0.3 is 19.3 Å². The van der Waals surface area contributed by atoms with Crippen molar-refractivity contribution in [1.82, 2.24) is 4.90 Å². The molecule has 144 valence electrons. The number of ether oxygens (including phenoxy) is 2. The van der Waals surface area contributed by atoms with Crippen LogP contribution in [0.1, 0.15) is 24.4 Å². The van der Waals surface area contributed by atoms with E-state index in [1.54, 1.807) is 26.4 Å². The van der Waals surface area contributed by atoms with Crippen molar-refractivity contribution in [3.05, 3.63) is 53.8 Å². The van der Waals surface area contributed by atoms with Gasteiger partial charge in [0.1, 0.15) is 17.3 Å². The molecular weight excluding hydrogens is 347 g/mol. The molecule has 1 saturated heterocycles. The van der Waals surface area contributed by atoms with Gasteiger partial charge in [-0.3, -0.25) is 4.79 Å². The summed E-state index contributed by atoms with van der Waals surface area (Å²) < 4.78 is 24.0. The molecule has 0 spiro atoms. The maximum absolute atomic E-state index is 13.1. The van der Waals surface area contributed by atoms with E-state index in [9.17, 15) is 9.18 Å². The van der Waals surface area contributed by atoms with Gasteiger partial charge in [0.15, 0.2) is 0 Å². The first-order valence-corrected chi connectivity index (χ1v) is 9.01. The number of carbonyl (C=O) groups excluding carboxylic acids is 1. The van der Waals surface area contributed by atoms with Crippen LogP contribution in [0.5, 0.6) is 11.5 Å². The molecule has 1 fully saturated rings. The molecule has 0 N–H and O–H groups in total. The lowest BCUT2D eigenvalue weighted by Gasteiger charge is -2.29. The van der Waals surface area contributed by atoms with E-state index in [-0.39, 0.29) is 24.3 Å². The van der Waals surface area contributed by atoms with E-state index < -0.39 is 0 Å². The third-order valence-corrected chi connectivity index (χ3v) is 5.01. The molecule has 5 nitrogen and oxygen atoms in total. The summed E-state index contributed by atoms with van der Waals surface area (Å²) in [6, 6.07) is 11.8. The standard InChI is InChI=1S/C21H25FN2O3/c1-23(16-8-6-15(22)7-9-16)14-21(25)24-12-4-5-19(24)18-13-17(26-2)10-11-20(18)27-3/h6-11,13,19H,4-5,12,14H2,1-3H3. The van der Waals surface area contributed by atoms with Crippen LogP contribution in [0.15, 0.2) is 42.5 Å². The first-order valence-electron chi connectivity index (χ1n) is 9.01. The van der Waals surface area contributed by atoms with Crippen LogP contribution in [0.2, 0.25) is 0 Å². The van der Waals surface area contributed by atoms with Crippen LogP contribution in [0.4, 0.5) is 10.1 Å². The second-order valence-corrected chi connectivity index (χ2v) is 6.69. The Morgan fingerprint density at radius 2 is 1.93 bits per heavy atom. The first-order chi connectivity index (χ1) is 13.0. The Morgan fingerprint density at radius 1 is 1.19 bits per heavy atom. The predicted molar refractivity (Wildman–Crippen MR) is 103 cm³/mol. The summed E-state index contributed by atoms with van der Waals surface area (Å²) in [5, 5.41) is 0. The lowest BCUT2D eigenvalue weighted by Crippen LogP contribution is -2.38. The Hall–Kier alpha value is -2.76. The fourth-order valence-electron chi connectivity index (χ4n) is 3.57. The zero-order valence-corrected chi connectivity index (χ0v) is 15.9. The van der Waals surface area contributed by atoms with E-state index in [1.165, 1.54) is 12.1 Å². The molecule has 1 atom stereocenters. The van der Waals surface area contributed by atoms with E-state index in [1.807, 2.05) is 35.0 Å². The van der Waals surface area contributed by atoms with Crippen LogP contribution in [0.3, 0.4) is 0 Å². The highest BCUT2D eigenvalue weighted by Gasteiger charge is 2.32. The predicted octanol–water partition coefficient (Wildman–Crippen LogP) is 3.64. The first kappa shape index (κ1) is 19.0. The smallest absolute Gasteiger partial charge is 0.242 e. The number of halogens is 1. The van der Waals surface area contributed by atoms with Crippen LogP contribution in [-0.4, -0.2) is 45.2 Å². The number of rotatable bonds is 6. The number of carbonyl (C=O) groups is 1. The van der Waals surface area contributed by atoms with Crippen molar-refractivity contribution < 1.29 is 18.7 Å². The van der Waals surface area contributed by atoms with Crippen molar-refractivity contribution in [2.24, 2.45) is 0 Å². The molecule has 0 saturated carbocycles. The maximum atomic E-state index is 13.1. The Labute approximate surface area is 159 Å². The molecule has 3 rings (SSSR count). The van der Waals surface area contributed by atoms with E-state index in [0.29, 0.717) is 6.54 Å². The molecule has 1 unspecified atom stereocenters. The number of likely N-dealkylation sites (N-methyl/N-ethyl adjacent to an activating group) is 1. The average molecular weight is 372 g/mol. The molecular formula is C21H25FN2O3. The Balaban J connectivity index is 1.77. The zero-order valence-electron chi connectivity index (χ0n) is 15.9. The van der Waals surface area contributed by atoms with Gasteiger partial charge in [-0.1, -0.05) is 0 Å². The number of hydrogen-bond donors (Lipinski definition) is 0. The molecule has 2 aromatic carbocycles. The van der Waals surface area contributed by atoms with Crippen molar-refractivity contribution in [3.63, 3.8) is 0 Å². The minimum Gasteiger partial charge on any atom is -0.497 e. The van der Waals surface area contributed by atoms with E-state index in [4.69, 9.17) is 9.47 Å². The second-order valence-electron chi connectivity index (χ2n) is 6.69. The molecule has 27 heavy (non-hydrogen) atoms. The Morgan fingerprint density at radius 3 is 2.59 bits per heavy atom. The Bertz CT molecular complexity index is 795. The lowest BCUT2D eigenvalue weighted by atomic mass is 10.0. The van der Waals surface area contributed by atoms with Gasteiger partial charge in [-0.25, -0.2) is 4.39 Å². The van der Waals surface area contributed by atoms with Crippen molar-refractivity contribution in [2.75, 3.05) is 39.3 Å². The molecule has 1 heterocycles. The summed E-state index contributed by atoms with van der Waals surface area (Å²) in [5.74, 6) is 1.25. The van der Waals surface area contributed by atoms with Gasteiger partial charge >= 0.3 is 0 Å². The number of benzene rings is 2. The van der Waals surface area contributed by atoms with E-state index in [2.05, 4.69) is 0 Å². The zero-order chi connectivity index (χ0) is 19.4. The number of methoxy groups -OCH3 is 2. The Kier molecular flexibility index (Phi) is 5.84. The summed E-state index contributed by atoms with van der Waals surface area (Å²) in [6.07, 6.45) is 1.83. The number of hydrogen-bond acceptors (Lipinski definition) is 4. The van der Waals surface area contributed by atoms with Crippen molar-refractivity contribution in [2.45, 2.75) is 18.9 Å². The minimum absolute atomic E-state index is 0.0363. The fourth-order valence-corrected chi connectivity index (χ4v) is 3.57. The van der Waals surface area contributed by atoms with Crippen LogP contribution < -0.4 is 14.4 Å². The van der Waals surface area contributed by atoms with Crippen LogP contribution in [-0.2, 0) is 4.79 Å². The molecule has 1 amide bonds. The highest BCUT2D eigenvalue weighted by atomic mass is 19.1. The van der Waals surface area contributed by atoms with Crippen molar-refractivity contribution in [1.29, 1.82) is 0 Å². The monoisotopic (exact) mass is 372 g/mol. The summed E-state index contributed by atoms with van der Waals surface area (Å²) in [6.45, 7) is 0.940. The SMILES string of the molecule is COc1ccc(OC)c(C2CCCN2C(=O)CN(C)c2ccc(F)cc2)c1. The number of anilines is 1. The van der Waals surface area contributed by atoms with Crippen LogP contribution in [0.25, 0.3) is 0 Å². The molecule has 0 aromatic heterocycles. The van der Waals surface area contributed by atoms with Gasteiger partial charge in [0.25, 0.3) is 0 Å².